The van der Waals surface area contributed by atoms with Gasteiger partial charge in [0.05, 0.1) is 0 Å². The number of likely N-dealkylation sites (N-methyl/N-ethyl adjacent to an activating group) is 1. The zero-order valence-corrected chi connectivity index (χ0v) is 12.3. The number of hydrogen-bond acceptors (Lipinski definition) is 4. The van der Waals surface area contributed by atoms with E-state index in [1.807, 2.05) is 19.2 Å². The van der Waals surface area contributed by atoms with Crippen molar-refractivity contribution in [2.75, 3.05) is 47.5 Å². The van der Waals surface area contributed by atoms with E-state index in [1.54, 1.807) is 7.11 Å². The fourth-order valence-corrected chi connectivity index (χ4v) is 1.86. The van der Waals surface area contributed by atoms with Crippen LogP contribution in [0.2, 0.25) is 0 Å². The van der Waals surface area contributed by atoms with Gasteiger partial charge in [-0.05, 0) is 38.2 Å². The average Bonchev–Trinajstić information content (AvgIpc) is 2.40. The van der Waals surface area contributed by atoms with Crippen molar-refractivity contribution < 1.29 is 9.47 Å². The summed E-state index contributed by atoms with van der Waals surface area (Å²) in [6.45, 7) is 4.37. The molecule has 0 aliphatic rings. The summed E-state index contributed by atoms with van der Waals surface area (Å²) in [6.07, 6.45) is 1.06. The van der Waals surface area contributed by atoms with E-state index in [1.165, 1.54) is 5.56 Å². The lowest BCUT2D eigenvalue weighted by atomic mass is 10.2. The normalized spacial score (nSPS) is 10.9. The molecule has 0 bridgehead atoms. The molecule has 0 radical (unpaired) electrons. The van der Waals surface area contributed by atoms with Crippen LogP contribution in [-0.2, 0) is 11.3 Å². The molecule has 0 heterocycles. The van der Waals surface area contributed by atoms with Gasteiger partial charge in [0.15, 0.2) is 0 Å². The first kappa shape index (κ1) is 16.0. The summed E-state index contributed by atoms with van der Waals surface area (Å²) in [6, 6.07) is 8.22. The van der Waals surface area contributed by atoms with Gasteiger partial charge in [-0.3, -0.25) is 0 Å². The Morgan fingerprint density at radius 3 is 2.79 bits per heavy atom. The van der Waals surface area contributed by atoms with E-state index in [2.05, 4.69) is 29.4 Å². The topological polar surface area (TPSA) is 33.7 Å². The Kier molecular flexibility index (Phi) is 8.21. The molecule has 0 aliphatic carbocycles. The molecule has 1 aromatic rings. The van der Waals surface area contributed by atoms with Crippen LogP contribution < -0.4 is 10.1 Å². The van der Waals surface area contributed by atoms with Crippen LogP contribution in [0.25, 0.3) is 0 Å². The summed E-state index contributed by atoms with van der Waals surface area (Å²) in [4.78, 5) is 2.26. The molecule has 108 valence electrons. The van der Waals surface area contributed by atoms with Crippen LogP contribution in [0, 0.1) is 0 Å². The second-order valence-electron chi connectivity index (χ2n) is 4.68. The predicted molar refractivity (Wildman–Crippen MR) is 78.7 cm³/mol. The molecule has 0 fully saturated rings. The average molecular weight is 266 g/mol. The lowest BCUT2D eigenvalue weighted by Gasteiger charge is -2.16. The first-order valence-electron chi connectivity index (χ1n) is 6.80. The molecule has 1 rings (SSSR count). The van der Waals surface area contributed by atoms with Crippen molar-refractivity contribution in [2.24, 2.45) is 0 Å². The van der Waals surface area contributed by atoms with Gasteiger partial charge in [0.1, 0.15) is 12.4 Å². The number of ether oxygens (including phenoxy) is 2. The maximum atomic E-state index is 5.77. The van der Waals surface area contributed by atoms with Crippen molar-refractivity contribution in [2.45, 2.75) is 13.0 Å². The molecule has 4 nitrogen and oxygen atoms in total. The Labute approximate surface area is 116 Å². The largest absolute Gasteiger partial charge is 0.492 e. The first-order valence-corrected chi connectivity index (χ1v) is 6.80. The molecule has 0 saturated carbocycles. The maximum absolute atomic E-state index is 5.77. The van der Waals surface area contributed by atoms with Gasteiger partial charge >= 0.3 is 0 Å². The highest BCUT2D eigenvalue weighted by Gasteiger charge is 2.00. The van der Waals surface area contributed by atoms with E-state index in [9.17, 15) is 0 Å². The third-order valence-corrected chi connectivity index (χ3v) is 2.91. The second-order valence-corrected chi connectivity index (χ2v) is 4.68. The molecule has 0 aromatic heterocycles. The third-order valence-electron chi connectivity index (χ3n) is 2.91. The van der Waals surface area contributed by atoms with Gasteiger partial charge in [0.2, 0.25) is 0 Å². The van der Waals surface area contributed by atoms with Crippen LogP contribution in [0.1, 0.15) is 12.0 Å². The van der Waals surface area contributed by atoms with Crippen molar-refractivity contribution in [1.82, 2.24) is 10.2 Å². The quantitative estimate of drug-likeness (QED) is 0.654. The first-order chi connectivity index (χ1) is 9.26. The minimum absolute atomic E-state index is 0.715. The number of nitrogens with zero attached hydrogens (tertiary/aromatic N) is 1. The molecule has 0 amide bonds. The summed E-state index contributed by atoms with van der Waals surface area (Å²) in [7, 11) is 5.79. The molecule has 4 heteroatoms. The van der Waals surface area contributed by atoms with E-state index in [-0.39, 0.29) is 0 Å². The van der Waals surface area contributed by atoms with Gasteiger partial charge in [-0.1, -0.05) is 12.1 Å². The Morgan fingerprint density at radius 1 is 1.21 bits per heavy atom. The molecule has 0 spiro atoms. The molecule has 0 unspecified atom stereocenters. The fourth-order valence-electron chi connectivity index (χ4n) is 1.86. The van der Waals surface area contributed by atoms with Crippen LogP contribution in [0.15, 0.2) is 24.3 Å². The molecule has 0 aliphatic heterocycles. The van der Waals surface area contributed by atoms with E-state index in [0.717, 1.165) is 38.4 Å². The Morgan fingerprint density at radius 2 is 2.05 bits per heavy atom. The van der Waals surface area contributed by atoms with E-state index in [4.69, 9.17) is 9.47 Å². The highest BCUT2D eigenvalue weighted by Crippen LogP contribution is 2.13. The number of rotatable bonds is 10. The zero-order chi connectivity index (χ0) is 13.9. The highest BCUT2D eigenvalue weighted by atomic mass is 16.5. The van der Waals surface area contributed by atoms with Crippen molar-refractivity contribution >= 4 is 0 Å². The lowest BCUT2D eigenvalue weighted by Crippen LogP contribution is -2.26. The number of benzene rings is 1. The monoisotopic (exact) mass is 266 g/mol. The van der Waals surface area contributed by atoms with Crippen molar-refractivity contribution in [3.63, 3.8) is 0 Å². The van der Waals surface area contributed by atoms with Gasteiger partial charge in [-0.25, -0.2) is 0 Å². The van der Waals surface area contributed by atoms with Gasteiger partial charge in [0.25, 0.3) is 0 Å². The summed E-state index contributed by atoms with van der Waals surface area (Å²) >= 11 is 0. The summed E-state index contributed by atoms with van der Waals surface area (Å²) < 4.78 is 10.8. The minimum atomic E-state index is 0.715. The molecule has 0 saturated heterocycles. The van der Waals surface area contributed by atoms with Crippen molar-refractivity contribution in [3.8, 4) is 5.75 Å². The summed E-state index contributed by atoms with van der Waals surface area (Å²) in [5.41, 5.74) is 1.24. The Balaban J connectivity index is 2.22. The summed E-state index contributed by atoms with van der Waals surface area (Å²) in [5.74, 6) is 0.943. The molecule has 0 atom stereocenters. The molecule has 1 aromatic carbocycles. The standard InChI is InChI=1S/C15H26N2O2/c1-16-13-14-6-4-7-15(12-14)19-11-9-17(2)8-5-10-18-3/h4,6-7,12,16H,5,8-11,13H2,1-3H3. The predicted octanol–water partition coefficient (Wildman–Crippen LogP) is 1.75. The SMILES string of the molecule is CNCc1cccc(OCCN(C)CCCOC)c1. The van der Waals surface area contributed by atoms with Crippen LogP contribution in [0.3, 0.4) is 0 Å². The van der Waals surface area contributed by atoms with Crippen LogP contribution >= 0.6 is 0 Å². The van der Waals surface area contributed by atoms with Crippen LogP contribution in [0.4, 0.5) is 0 Å². The molecular weight excluding hydrogens is 240 g/mol. The van der Waals surface area contributed by atoms with Crippen LogP contribution in [-0.4, -0.2) is 52.4 Å². The molecule has 1 N–H and O–H groups in total. The van der Waals surface area contributed by atoms with Crippen molar-refractivity contribution in [1.29, 1.82) is 0 Å². The smallest absolute Gasteiger partial charge is 0.119 e. The van der Waals surface area contributed by atoms with Gasteiger partial charge in [-0.2, -0.15) is 0 Å². The highest BCUT2D eigenvalue weighted by molar-refractivity contribution is 5.28. The maximum Gasteiger partial charge on any atom is 0.119 e. The van der Waals surface area contributed by atoms with E-state index < -0.39 is 0 Å². The van der Waals surface area contributed by atoms with Gasteiger partial charge < -0.3 is 19.7 Å². The Bertz CT molecular complexity index is 345. The van der Waals surface area contributed by atoms with Crippen molar-refractivity contribution in [3.05, 3.63) is 29.8 Å². The second kappa shape index (κ2) is 9.78. The number of hydrogen-bond donors (Lipinski definition) is 1. The van der Waals surface area contributed by atoms with Gasteiger partial charge in [0, 0.05) is 33.4 Å². The lowest BCUT2D eigenvalue weighted by molar-refractivity contribution is 0.172. The third kappa shape index (κ3) is 7.15. The van der Waals surface area contributed by atoms with E-state index >= 15 is 0 Å². The zero-order valence-electron chi connectivity index (χ0n) is 12.3. The fraction of sp³-hybridized carbons (Fsp3) is 0.600. The molecule has 19 heavy (non-hydrogen) atoms. The van der Waals surface area contributed by atoms with Crippen LogP contribution in [0.5, 0.6) is 5.75 Å². The number of nitrogens with one attached hydrogen (secondary N) is 1. The Hall–Kier alpha value is -1.10. The minimum Gasteiger partial charge on any atom is -0.492 e. The summed E-state index contributed by atoms with van der Waals surface area (Å²) in [5, 5.41) is 3.14. The van der Waals surface area contributed by atoms with E-state index in [0.29, 0.717) is 6.61 Å². The number of methoxy groups -OCH3 is 1. The van der Waals surface area contributed by atoms with Gasteiger partial charge in [-0.15, -0.1) is 0 Å². The molecular formula is C15H26N2O2.